The van der Waals surface area contributed by atoms with Crippen LogP contribution in [0.1, 0.15) is 34.3 Å². The van der Waals surface area contributed by atoms with Gasteiger partial charge in [-0.15, -0.1) is 0 Å². The zero-order chi connectivity index (χ0) is 29.3. The Balaban J connectivity index is 0.000000559. The van der Waals surface area contributed by atoms with Crippen LogP contribution in [0.2, 0.25) is 0 Å². The van der Waals surface area contributed by atoms with Crippen molar-refractivity contribution >= 4 is 23.6 Å². The summed E-state index contributed by atoms with van der Waals surface area (Å²) >= 11 is 0. The van der Waals surface area contributed by atoms with Crippen molar-refractivity contribution in [2.24, 2.45) is 0 Å². The van der Waals surface area contributed by atoms with Gasteiger partial charge in [-0.2, -0.15) is 18.4 Å². The number of anilines is 1. The van der Waals surface area contributed by atoms with Crippen LogP contribution in [0.5, 0.6) is 0 Å². The predicted octanol–water partition coefficient (Wildman–Crippen LogP) is 5.68. The van der Waals surface area contributed by atoms with Crippen LogP contribution in [-0.4, -0.2) is 67.7 Å². The third-order valence-electron chi connectivity index (χ3n) is 6.14. The fourth-order valence-corrected chi connectivity index (χ4v) is 4.00. The van der Waals surface area contributed by atoms with Crippen molar-refractivity contribution in [2.75, 3.05) is 45.7 Å². The molecule has 0 saturated heterocycles. The minimum Gasteiger partial charge on any atom is -0.318 e. The van der Waals surface area contributed by atoms with E-state index in [1.165, 1.54) is 0 Å². The van der Waals surface area contributed by atoms with E-state index in [0.29, 0.717) is 34.2 Å². The molecule has 7 nitrogen and oxygen atoms in total. The van der Waals surface area contributed by atoms with Crippen LogP contribution < -0.4 is 10.2 Å². The van der Waals surface area contributed by atoms with Gasteiger partial charge in [0.15, 0.2) is 0 Å². The van der Waals surface area contributed by atoms with Crippen LogP contribution in [0, 0.1) is 11.3 Å². The Hall–Kier alpha value is -4.20. The van der Waals surface area contributed by atoms with Crippen LogP contribution in [0.25, 0.3) is 22.7 Å². The highest BCUT2D eigenvalue weighted by molar-refractivity contribution is 5.89. The monoisotopic (exact) mass is 550 g/mol. The van der Waals surface area contributed by atoms with Crippen molar-refractivity contribution in [1.29, 1.82) is 5.26 Å². The summed E-state index contributed by atoms with van der Waals surface area (Å²) in [6, 6.07) is 15.8. The van der Waals surface area contributed by atoms with Gasteiger partial charge < -0.3 is 15.1 Å². The molecule has 1 aromatic heterocycles. The predicted molar refractivity (Wildman–Crippen MR) is 153 cm³/mol. The number of alkyl halides is 3. The maximum Gasteiger partial charge on any atom is 0.389 e. The number of aromatic nitrogens is 2. The minimum absolute atomic E-state index is 0.0951. The number of aldehydes is 1. The number of fused-ring (bicyclic) bond motifs is 1. The van der Waals surface area contributed by atoms with E-state index in [9.17, 15) is 18.0 Å². The van der Waals surface area contributed by atoms with Crippen molar-refractivity contribution in [3.8, 4) is 17.3 Å². The van der Waals surface area contributed by atoms with E-state index in [2.05, 4.69) is 37.0 Å². The Morgan fingerprint density at radius 3 is 2.27 bits per heavy atom. The average molecular weight is 551 g/mol. The summed E-state index contributed by atoms with van der Waals surface area (Å²) in [4.78, 5) is 19.6. The molecular weight excluding hydrogens is 517 g/mol. The largest absolute Gasteiger partial charge is 0.389 e. The van der Waals surface area contributed by atoms with Gasteiger partial charge in [-0.1, -0.05) is 43.0 Å². The van der Waals surface area contributed by atoms with Gasteiger partial charge >= 0.3 is 6.18 Å². The van der Waals surface area contributed by atoms with Gasteiger partial charge in [0.1, 0.15) is 6.29 Å². The highest BCUT2D eigenvalue weighted by Crippen LogP contribution is 2.37. The van der Waals surface area contributed by atoms with E-state index in [0.717, 1.165) is 30.5 Å². The number of likely N-dealkylation sites (N-methyl/N-ethyl adjacent to an activating group) is 2. The highest BCUT2D eigenvalue weighted by Gasteiger charge is 2.30. The quantitative estimate of drug-likeness (QED) is 0.346. The molecule has 0 atom stereocenters. The van der Waals surface area contributed by atoms with Gasteiger partial charge in [0.2, 0.25) is 5.95 Å². The van der Waals surface area contributed by atoms with Crippen molar-refractivity contribution in [3.05, 3.63) is 84.1 Å². The smallest absolute Gasteiger partial charge is 0.318 e. The fraction of sp³-hybridized carbons (Fsp3) is 0.300. The van der Waals surface area contributed by atoms with E-state index in [4.69, 9.17) is 10.2 Å². The molecule has 2 aromatic carbocycles. The van der Waals surface area contributed by atoms with Crippen LogP contribution in [0.3, 0.4) is 0 Å². The second kappa shape index (κ2) is 13.7. The first-order valence-electron chi connectivity index (χ1n) is 12.8. The second-order valence-corrected chi connectivity index (χ2v) is 9.52. The molecule has 4 rings (SSSR count). The summed E-state index contributed by atoms with van der Waals surface area (Å²) in [7, 11) is 6.10. The number of allylic oxidation sites excluding steroid dienone is 2. The molecule has 0 unspecified atom stereocenters. The summed E-state index contributed by atoms with van der Waals surface area (Å²) in [5.74, 6) is 0.457. The molecule has 0 fully saturated rings. The Morgan fingerprint density at radius 2 is 1.75 bits per heavy atom. The van der Waals surface area contributed by atoms with Crippen LogP contribution in [-0.2, 0) is 0 Å². The fourth-order valence-electron chi connectivity index (χ4n) is 4.00. The van der Waals surface area contributed by atoms with Gasteiger partial charge in [0.25, 0.3) is 0 Å². The number of carbonyl (C=O) groups is 1. The first-order chi connectivity index (χ1) is 19.1. The van der Waals surface area contributed by atoms with Crippen LogP contribution in [0.4, 0.5) is 19.1 Å². The summed E-state index contributed by atoms with van der Waals surface area (Å²) in [5.41, 5.74) is 4.41. The van der Waals surface area contributed by atoms with Gasteiger partial charge in [0.05, 0.1) is 23.0 Å². The summed E-state index contributed by atoms with van der Waals surface area (Å²) < 4.78 is 40.2. The van der Waals surface area contributed by atoms with Crippen molar-refractivity contribution in [3.63, 3.8) is 0 Å². The minimum atomic E-state index is -4.25. The van der Waals surface area contributed by atoms with Gasteiger partial charge in [-0.05, 0) is 51.3 Å². The number of rotatable bonds is 9. The van der Waals surface area contributed by atoms with Crippen molar-refractivity contribution in [2.45, 2.75) is 19.0 Å². The molecule has 2 heterocycles. The third-order valence-corrected chi connectivity index (χ3v) is 6.14. The third kappa shape index (κ3) is 8.15. The Bertz CT molecular complexity index is 1370. The molecule has 0 saturated carbocycles. The molecule has 1 aliphatic rings. The number of nitrogens with one attached hydrogen (secondary N) is 1. The molecule has 3 aromatic rings. The van der Waals surface area contributed by atoms with Crippen LogP contribution in [0.15, 0.2) is 67.4 Å². The number of hydrogen-bond acceptors (Lipinski definition) is 6. The van der Waals surface area contributed by atoms with Gasteiger partial charge in [-0.3, -0.25) is 9.36 Å². The van der Waals surface area contributed by atoms with Gasteiger partial charge in [0, 0.05) is 49.1 Å². The normalized spacial score (nSPS) is 12.8. The first-order valence-corrected chi connectivity index (χ1v) is 12.8. The van der Waals surface area contributed by atoms with E-state index in [-0.39, 0.29) is 13.0 Å². The first kappa shape index (κ1) is 30.3. The van der Waals surface area contributed by atoms with Crippen molar-refractivity contribution < 1.29 is 18.0 Å². The number of nitrogens with zero attached hydrogens (tertiary/aromatic N) is 5. The molecule has 0 spiro atoms. The maximum atomic E-state index is 12.8. The Kier molecular flexibility index (Phi) is 10.4. The lowest BCUT2D eigenvalue weighted by Gasteiger charge is -2.31. The highest BCUT2D eigenvalue weighted by atomic mass is 19.4. The molecule has 0 aliphatic carbocycles. The number of halogens is 3. The molecule has 1 N–H and O–H groups in total. The number of carbonyl (C=O) groups excluding carboxylic acids is 1. The average Bonchev–Trinajstić information content (AvgIpc) is 3.39. The Morgan fingerprint density at radius 1 is 1.10 bits per heavy atom. The van der Waals surface area contributed by atoms with Crippen LogP contribution >= 0.6 is 0 Å². The maximum absolute atomic E-state index is 12.8. The number of hydrogen-bond donors (Lipinski definition) is 1. The summed E-state index contributed by atoms with van der Waals surface area (Å²) in [6.07, 6.45) is -0.976. The summed E-state index contributed by atoms with van der Waals surface area (Å²) in [5, 5.41) is 12.1. The molecule has 1 aliphatic heterocycles. The lowest BCUT2D eigenvalue weighted by molar-refractivity contribution is -0.134. The molecule has 0 radical (unpaired) electrons. The lowest BCUT2D eigenvalue weighted by atomic mass is 10.1. The SMILES string of the molecule is C=C1C=C(c2ccc(C=O)cc2)N(CCCC(F)(F)F)c2nc(-c3ccc(C#N)cc3)cn21.CNCCN(C)C. The number of nitriles is 1. The van der Waals surface area contributed by atoms with E-state index in [1.54, 1.807) is 70.3 Å². The van der Waals surface area contributed by atoms with Gasteiger partial charge in [-0.25, -0.2) is 4.98 Å². The topological polar surface area (TPSA) is 77.2 Å². The zero-order valence-corrected chi connectivity index (χ0v) is 22.9. The molecule has 0 bridgehead atoms. The van der Waals surface area contributed by atoms with E-state index in [1.807, 2.05) is 7.05 Å². The number of imidazole rings is 1. The summed E-state index contributed by atoms with van der Waals surface area (Å²) in [6.45, 7) is 6.39. The standard InChI is InChI=1S/C25H19F3N4O.C5H14N2/c1-17-13-23(21-9-5-19(16-33)6-10-21)31(12-2-11-25(26,27)28)24-30-22(15-32(17)24)20-7-3-18(14-29)4-8-20;1-6-4-5-7(2)3/h3-10,13,15-16H,1-2,11-12H2;6H,4-5H2,1-3H3. The Labute approximate surface area is 232 Å². The zero-order valence-electron chi connectivity index (χ0n) is 22.9. The second-order valence-electron chi connectivity index (χ2n) is 9.52. The molecular formula is C30H33F3N6O. The van der Waals surface area contributed by atoms with E-state index >= 15 is 0 Å². The van der Waals surface area contributed by atoms with Crippen molar-refractivity contribution in [1.82, 2.24) is 19.8 Å². The molecule has 40 heavy (non-hydrogen) atoms. The lowest BCUT2D eigenvalue weighted by Crippen LogP contribution is -2.29. The number of benzene rings is 2. The molecule has 10 heteroatoms. The van der Waals surface area contributed by atoms with E-state index < -0.39 is 12.6 Å². The molecule has 210 valence electrons. The molecule has 0 amide bonds.